The van der Waals surface area contributed by atoms with E-state index >= 15 is 0 Å². The minimum absolute atomic E-state index is 0. The molecule has 0 aromatic heterocycles. The third-order valence-electron chi connectivity index (χ3n) is 2.74. The van der Waals surface area contributed by atoms with Gasteiger partial charge < -0.3 is 19.9 Å². The summed E-state index contributed by atoms with van der Waals surface area (Å²) in [6, 6.07) is 5.60. The van der Waals surface area contributed by atoms with Crippen molar-refractivity contribution in [3.63, 3.8) is 0 Å². The van der Waals surface area contributed by atoms with Gasteiger partial charge in [0.05, 0.1) is 6.54 Å². The third kappa shape index (κ3) is 5.13. The van der Waals surface area contributed by atoms with Crippen LogP contribution >= 0.6 is 12.4 Å². The molecule has 0 saturated heterocycles. The summed E-state index contributed by atoms with van der Waals surface area (Å²) in [7, 11) is 1.78. The number of hydrogen-bond acceptors (Lipinski definition) is 5. The molecule has 0 bridgehead atoms. The van der Waals surface area contributed by atoms with Crippen LogP contribution in [0.3, 0.4) is 0 Å². The van der Waals surface area contributed by atoms with E-state index in [9.17, 15) is 9.59 Å². The van der Waals surface area contributed by atoms with Gasteiger partial charge in [-0.05, 0) is 24.7 Å². The minimum atomic E-state index is -1.06. The molecule has 1 aliphatic heterocycles. The van der Waals surface area contributed by atoms with Gasteiger partial charge in [-0.15, -0.1) is 12.4 Å². The van der Waals surface area contributed by atoms with Crippen LogP contribution in [-0.2, 0) is 16.1 Å². The highest BCUT2D eigenvalue weighted by Gasteiger charge is 2.14. The van der Waals surface area contributed by atoms with E-state index in [1.54, 1.807) is 11.9 Å². The fourth-order valence-electron chi connectivity index (χ4n) is 1.88. The Morgan fingerprint density at radius 1 is 1.33 bits per heavy atom. The van der Waals surface area contributed by atoms with Crippen LogP contribution in [-0.4, -0.2) is 48.8 Å². The number of benzene rings is 1. The lowest BCUT2D eigenvalue weighted by atomic mass is 10.2. The maximum absolute atomic E-state index is 11.5. The van der Waals surface area contributed by atoms with Crippen molar-refractivity contribution in [3.05, 3.63) is 23.8 Å². The average molecular weight is 317 g/mol. The minimum Gasteiger partial charge on any atom is -0.480 e. The number of carbonyl (C=O) groups excluding carboxylic acids is 1. The number of aliphatic carboxylic acids is 1. The van der Waals surface area contributed by atoms with Gasteiger partial charge in [0.15, 0.2) is 11.5 Å². The second kappa shape index (κ2) is 7.70. The number of ether oxygens (including phenoxy) is 2. The lowest BCUT2D eigenvalue weighted by molar-refractivity contribution is -0.138. The van der Waals surface area contributed by atoms with E-state index in [1.807, 2.05) is 18.2 Å². The van der Waals surface area contributed by atoms with Crippen molar-refractivity contribution in [2.45, 2.75) is 6.54 Å². The molecule has 1 aliphatic rings. The van der Waals surface area contributed by atoms with Crippen molar-refractivity contribution in [2.75, 3.05) is 26.9 Å². The summed E-state index contributed by atoms with van der Waals surface area (Å²) >= 11 is 0. The number of rotatable bonds is 6. The molecular formula is C13H17ClN2O5. The number of fused-ring (bicyclic) bond motifs is 1. The molecule has 21 heavy (non-hydrogen) atoms. The van der Waals surface area contributed by atoms with Crippen LogP contribution in [0.15, 0.2) is 18.2 Å². The molecule has 0 aliphatic carbocycles. The topological polar surface area (TPSA) is 88.1 Å². The number of carbonyl (C=O) groups is 2. The summed E-state index contributed by atoms with van der Waals surface area (Å²) < 4.78 is 10.5. The Morgan fingerprint density at radius 3 is 2.76 bits per heavy atom. The fraction of sp³-hybridized carbons (Fsp3) is 0.385. The maximum atomic E-state index is 11.5. The fourth-order valence-corrected chi connectivity index (χ4v) is 1.88. The monoisotopic (exact) mass is 316 g/mol. The number of nitrogens with zero attached hydrogens (tertiary/aromatic N) is 1. The molecule has 1 heterocycles. The molecule has 1 amide bonds. The Kier molecular flexibility index (Phi) is 6.26. The van der Waals surface area contributed by atoms with Crippen LogP contribution in [0.25, 0.3) is 0 Å². The summed E-state index contributed by atoms with van der Waals surface area (Å²) in [5.41, 5.74) is 0.989. The van der Waals surface area contributed by atoms with E-state index in [0.29, 0.717) is 12.3 Å². The van der Waals surface area contributed by atoms with Crippen LogP contribution in [0.2, 0.25) is 0 Å². The van der Waals surface area contributed by atoms with Crippen molar-refractivity contribution in [2.24, 2.45) is 0 Å². The molecule has 0 spiro atoms. The van der Waals surface area contributed by atoms with E-state index < -0.39 is 5.97 Å². The maximum Gasteiger partial charge on any atom is 0.322 e. The van der Waals surface area contributed by atoms with Crippen molar-refractivity contribution >= 4 is 24.3 Å². The Bertz CT molecular complexity index is 523. The lowest BCUT2D eigenvalue weighted by Crippen LogP contribution is -2.37. The van der Waals surface area contributed by atoms with Gasteiger partial charge in [0.25, 0.3) is 0 Å². The molecule has 0 atom stereocenters. The van der Waals surface area contributed by atoms with Gasteiger partial charge in [0, 0.05) is 6.54 Å². The quantitative estimate of drug-likeness (QED) is 0.793. The zero-order valence-corrected chi connectivity index (χ0v) is 12.3. The first-order valence-electron chi connectivity index (χ1n) is 6.10. The predicted molar refractivity (Wildman–Crippen MR) is 76.8 cm³/mol. The highest BCUT2D eigenvalue weighted by atomic mass is 35.5. The van der Waals surface area contributed by atoms with Crippen molar-refractivity contribution < 1.29 is 24.2 Å². The second-order valence-electron chi connectivity index (χ2n) is 4.53. The second-order valence-corrected chi connectivity index (χ2v) is 4.53. The molecule has 0 unspecified atom stereocenters. The molecule has 1 aromatic rings. The van der Waals surface area contributed by atoms with Crippen LogP contribution in [0.4, 0.5) is 0 Å². The standard InChI is InChI=1S/C13H16N2O5.ClH/c1-15(7-12(16)14-5-13(17)18)6-9-2-3-10-11(4-9)20-8-19-10;/h2-4H,5-8H2,1H3,(H,14,16)(H,17,18);1H. The van der Waals surface area contributed by atoms with E-state index in [4.69, 9.17) is 14.6 Å². The summed E-state index contributed by atoms with van der Waals surface area (Å²) in [4.78, 5) is 23.6. The molecular weight excluding hydrogens is 300 g/mol. The highest BCUT2D eigenvalue weighted by Crippen LogP contribution is 2.32. The number of carboxylic acids is 1. The molecule has 1 aromatic carbocycles. The zero-order valence-electron chi connectivity index (χ0n) is 11.5. The number of amides is 1. The van der Waals surface area contributed by atoms with Crippen molar-refractivity contribution in [1.82, 2.24) is 10.2 Å². The number of likely N-dealkylation sites (N-methyl/N-ethyl adjacent to an activating group) is 1. The molecule has 8 heteroatoms. The van der Waals surface area contributed by atoms with E-state index in [-0.39, 0.29) is 38.2 Å². The molecule has 0 saturated carbocycles. The molecule has 7 nitrogen and oxygen atoms in total. The van der Waals surface area contributed by atoms with E-state index in [0.717, 1.165) is 11.3 Å². The Labute approximate surface area is 128 Å². The van der Waals surface area contributed by atoms with Gasteiger partial charge >= 0.3 is 5.97 Å². The van der Waals surface area contributed by atoms with Gasteiger partial charge in [-0.1, -0.05) is 6.07 Å². The average Bonchev–Trinajstić information content (AvgIpc) is 2.83. The highest BCUT2D eigenvalue weighted by molar-refractivity contribution is 5.85. The number of hydrogen-bond donors (Lipinski definition) is 2. The van der Waals surface area contributed by atoms with Gasteiger partial charge in [-0.2, -0.15) is 0 Å². The smallest absolute Gasteiger partial charge is 0.322 e. The number of nitrogens with one attached hydrogen (secondary N) is 1. The first kappa shape index (κ1) is 17.1. The van der Waals surface area contributed by atoms with Gasteiger partial charge in [0.2, 0.25) is 12.7 Å². The van der Waals surface area contributed by atoms with E-state index in [1.165, 1.54) is 0 Å². The lowest BCUT2D eigenvalue weighted by Gasteiger charge is -2.16. The number of halogens is 1. The van der Waals surface area contributed by atoms with E-state index in [2.05, 4.69) is 5.32 Å². The SMILES string of the molecule is CN(CC(=O)NCC(=O)O)Cc1ccc2c(c1)OCO2.Cl. The van der Waals surface area contributed by atoms with Gasteiger partial charge in [0.1, 0.15) is 6.54 Å². The summed E-state index contributed by atoms with van der Waals surface area (Å²) in [6.07, 6.45) is 0. The van der Waals surface area contributed by atoms with Crippen molar-refractivity contribution in [1.29, 1.82) is 0 Å². The summed E-state index contributed by atoms with van der Waals surface area (Å²) in [5.74, 6) is 0.0363. The van der Waals surface area contributed by atoms with Crippen LogP contribution in [0.1, 0.15) is 5.56 Å². The Hall–Kier alpha value is -1.99. The van der Waals surface area contributed by atoms with Gasteiger partial charge in [-0.3, -0.25) is 14.5 Å². The van der Waals surface area contributed by atoms with Crippen LogP contribution < -0.4 is 14.8 Å². The first-order chi connectivity index (χ1) is 9.54. The molecule has 0 fully saturated rings. The normalized spacial score (nSPS) is 11.9. The Balaban J connectivity index is 0.00000220. The van der Waals surface area contributed by atoms with Gasteiger partial charge in [-0.25, -0.2) is 0 Å². The Morgan fingerprint density at radius 2 is 2.05 bits per heavy atom. The van der Waals surface area contributed by atoms with Crippen LogP contribution in [0, 0.1) is 0 Å². The van der Waals surface area contributed by atoms with Crippen molar-refractivity contribution in [3.8, 4) is 11.5 Å². The first-order valence-corrected chi connectivity index (χ1v) is 6.10. The summed E-state index contributed by atoms with van der Waals surface area (Å²) in [5, 5.41) is 10.8. The molecule has 0 radical (unpaired) electrons. The third-order valence-corrected chi connectivity index (χ3v) is 2.74. The van der Waals surface area contributed by atoms with Crippen LogP contribution in [0.5, 0.6) is 11.5 Å². The zero-order chi connectivity index (χ0) is 14.5. The molecule has 116 valence electrons. The predicted octanol–water partition coefficient (Wildman–Crippen LogP) is 0.470. The summed E-state index contributed by atoms with van der Waals surface area (Å²) in [6.45, 7) is 0.543. The molecule has 2 N–H and O–H groups in total. The molecule has 2 rings (SSSR count). The number of carboxylic acid groups (broad SMARTS) is 1. The largest absolute Gasteiger partial charge is 0.480 e.